The number of nitrogens with zero attached hydrogens (tertiary/aromatic N) is 5. The molecule has 1 N–H and O–H groups in total. The summed E-state index contributed by atoms with van der Waals surface area (Å²) in [6, 6.07) is 1.71. The van der Waals surface area contributed by atoms with Crippen molar-refractivity contribution in [2.24, 2.45) is 7.05 Å². The maximum atomic E-state index is 13.6. The van der Waals surface area contributed by atoms with Gasteiger partial charge in [0.25, 0.3) is 11.6 Å². The monoisotopic (exact) mass is 368 g/mol. The predicted octanol–water partition coefficient (Wildman–Crippen LogP) is 2.17. The van der Waals surface area contributed by atoms with Crippen LogP contribution in [0.3, 0.4) is 0 Å². The van der Waals surface area contributed by atoms with Gasteiger partial charge in [-0.3, -0.25) is 4.79 Å². The van der Waals surface area contributed by atoms with Gasteiger partial charge in [0.15, 0.2) is 0 Å². The van der Waals surface area contributed by atoms with E-state index in [1.165, 1.54) is 0 Å². The minimum Gasteiger partial charge on any atom is -0.336 e. The van der Waals surface area contributed by atoms with Crippen molar-refractivity contribution in [2.75, 3.05) is 19.6 Å². The number of piperazine rings is 1. The second-order valence-electron chi connectivity index (χ2n) is 7.33. The van der Waals surface area contributed by atoms with Gasteiger partial charge in [-0.25, -0.2) is 9.97 Å². The molecule has 3 aromatic rings. The minimum atomic E-state index is -0.128. The van der Waals surface area contributed by atoms with E-state index in [1.54, 1.807) is 6.20 Å². The first-order chi connectivity index (χ1) is 13.0. The van der Waals surface area contributed by atoms with E-state index in [2.05, 4.69) is 20.4 Å². The summed E-state index contributed by atoms with van der Waals surface area (Å²) in [6.07, 6.45) is 3.66. The molecule has 4 rings (SSSR count). The lowest BCUT2D eigenvalue weighted by molar-refractivity contribution is 0.0622. The van der Waals surface area contributed by atoms with Gasteiger partial charge < -0.3 is 19.3 Å². The number of pyridine rings is 1. The fourth-order valence-corrected chi connectivity index (χ4v) is 3.69. The Bertz CT molecular complexity index is 989. The van der Waals surface area contributed by atoms with E-state index in [-0.39, 0.29) is 17.9 Å². The maximum absolute atomic E-state index is 13.6. The Balaban J connectivity index is 1.81. The van der Waals surface area contributed by atoms with Crippen LogP contribution in [-0.4, -0.2) is 50.1 Å². The second-order valence-corrected chi connectivity index (χ2v) is 7.33. The highest BCUT2D eigenvalue weighted by molar-refractivity contribution is 6.06. The number of hydrogen-bond donors (Lipinski definition) is 1. The molecule has 1 atom stereocenters. The van der Waals surface area contributed by atoms with E-state index in [9.17, 15) is 4.79 Å². The summed E-state index contributed by atoms with van der Waals surface area (Å²) in [6.45, 7) is 7.97. The molecule has 8 heteroatoms. The Kier molecular flexibility index (Phi) is 4.43. The molecule has 1 saturated heterocycles. The molecule has 0 saturated carbocycles. The van der Waals surface area contributed by atoms with Crippen LogP contribution in [0.2, 0.25) is 0 Å². The van der Waals surface area contributed by atoms with Gasteiger partial charge in [0.05, 0.1) is 16.6 Å². The average molecular weight is 368 g/mol. The molecule has 0 radical (unpaired) electrons. The van der Waals surface area contributed by atoms with Crippen LogP contribution < -0.4 is 5.32 Å². The number of aryl methyl sites for hydroxylation is 2. The summed E-state index contributed by atoms with van der Waals surface area (Å²) >= 11 is 0. The van der Waals surface area contributed by atoms with Crippen molar-refractivity contribution in [3.63, 3.8) is 0 Å². The molecule has 1 fully saturated rings. The number of fused-ring (bicyclic) bond motifs is 1. The van der Waals surface area contributed by atoms with Gasteiger partial charge in [0, 0.05) is 44.8 Å². The van der Waals surface area contributed by atoms with Crippen LogP contribution in [0, 0.1) is 6.92 Å². The Morgan fingerprint density at radius 3 is 2.93 bits per heavy atom. The Labute approximate surface area is 157 Å². The maximum Gasteiger partial charge on any atom is 0.259 e. The molecule has 0 spiro atoms. The van der Waals surface area contributed by atoms with Gasteiger partial charge in [-0.15, -0.1) is 0 Å². The van der Waals surface area contributed by atoms with E-state index in [0.717, 1.165) is 29.1 Å². The summed E-state index contributed by atoms with van der Waals surface area (Å²) in [5.74, 6) is 0.965. The zero-order valence-electron chi connectivity index (χ0n) is 16.1. The summed E-state index contributed by atoms with van der Waals surface area (Å²) in [5.41, 5.74) is 2.53. The lowest BCUT2D eigenvalue weighted by Gasteiger charge is -2.36. The summed E-state index contributed by atoms with van der Waals surface area (Å²) in [4.78, 5) is 24.4. The number of hydrogen-bond acceptors (Lipinski definition) is 6. The molecule has 0 aliphatic carbocycles. The molecule has 0 bridgehead atoms. The number of rotatable bonds is 3. The zero-order chi connectivity index (χ0) is 19.1. The van der Waals surface area contributed by atoms with Crippen molar-refractivity contribution in [2.45, 2.75) is 32.7 Å². The molecule has 4 heterocycles. The highest BCUT2D eigenvalue weighted by Gasteiger charge is 2.33. The van der Waals surface area contributed by atoms with Crippen LogP contribution in [0.25, 0.3) is 11.1 Å². The molecule has 1 amide bonds. The Morgan fingerprint density at radius 2 is 2.22 bits per heavy atom. The fourth-order valence-electron chi connectivity index (χ4n) is 3.69. The Morgan fingerprint density at radius 1 is 1.41 bits per heavy atom. The van der Waals surface area contributed by atoms with Crippen molar-refractivity contribution >= 4 is 17.0 Å². The van der Waals surface area contributed by atoms with E-state index in [1.807, 2.05) is 49.5 Å². The highest BCUT2D eigenvalue weighted by atomic mass is 16.5. The predicted molar refractivity (Wildman–Crippen MR) is 100 cm³/mol. The third kappa shape index (κ3) is 2.99. The number of amides is 1. The third-order valence-electron chi connectivity index (χ3n) is 5.04. The lowest BCUT2D eigenvalue weighted by Crippen LogP contribution is -2.49. The smallest absolute Gasteiger partial charge is 0.259 e. The number of nitrogens with one attached hydrogen (secondary N) is 1. The van der Waals surface area contributed by atoms with Crippen LogP contribution in [-0.2, 0) is 7.05 Å². The standard InChI is InChI=1S/C19H24N6O2/c1-11(2)16-15-13(9-12(3)22-18(15)27-23-16)19(26)25-8-5-20-10-14(25)17-21-6-7-24(17)4/h6-7,9,11,14,20H,5,8,10H2,1-4H3. The van der Waals surface area contributed by atoms with Gasteiger partial charge in [-0.1, -0.05) is 19.0 Å². The number of carbonyl (C=O) groups excluding carboxylic acids is 1. The Hall–Kier alpha value is -2.74. The summed E-state index contributed by atoms with van der Waals surface area (Å²) in [5, 5.41) is 8.26. The highest BCUT2D eigenvalue weighted by Crippen LogP contribution is 2.30. The van der Waals surface area contributed by atoms with Crippen LogP contribution in [0.4, 0.5) is 0 Å². The van der Waals surface area contributed by atoms with Gasteiger partial charge in [-0.2, -0.15) is 0 Å². The lowest BCUT2D eigenvalue weighted by atomic mass is 10.0. The van der Waals surface area contributed by atoms with Gasteiger partial charge in [0.1, 0.15) is 11.9 Å². The first kappa shape index (κ1) is 17.7. The van der Waals surface area contributed by atoms with E-state index >= 15 is 0 Å². The minimum absolute atomic E-state index is 0.0369. The first-order valence-electron chi connectivity index (χ1n) is 9.23. The SMILES string of the molecule is Cc1cc(C(=O)N2CCNCC2c2nccn2C)c2c(C(C)C)noc2n1. The topological polar surface area (TPSA) is 89.1 Å². The normalized spacial score (nSPS) is 17.8. The molecule has 0 aromatic carbocycles. The van der Waals surface area contributed by atoms with Crippen LogP contribution in [0.1, 0.15) is 53.4 Å². The van der Waals surface area contributed by atoms with Crippen molar-refractivity contribution in [1.29, 1.82) is 0 Å². The van der Waals surface area contributed by atoms with Crippen LogP contribution >= 0.6 is 0 Å². The van der Waals surface area contributed by atoms with Gasteiger partial charge >= 0.3 is 0 Å². The van der Waals surface area contributed by atoms with Gasteiger partial charge in [-0.05, 0) is 18.9 Å². The summed E-state index contributed by atoms with van der Waals surface area (Å²) in [7, 11) is 1.95. The molecular formula is C19H24N6O2. The number of aromatic nitrogens is 4. The molecule has 1 unspecified atom stereocenters. The molecule has 27 heavy (non-hydrogen) atoms. The summed E-state index contributed by atoms with van der Waals surface area (Å²) < 4.78 is 7.39. The fraction of sp³-hybridized carbons (Fsp3) is 0.474. The number of carbonyl (C=O) groups is 1. The first-order valence-corrected chi connectivity index (χ1v) is 9.23. The van der Waals surface area contributed by atoms with Crippen molar-refractivity contribution in [1.82, 2.24) is 29.9 Å². The van der Waals surface area contributed by atoms with Crippen molar-refractivity contribution in [3.8, 4) is 0 Å². The van der Waals surface area contributed by atoms with Crippen molar-refractivity contribution < 1.29 is 9.32 Å². The second kappa shape index (κ2) is 6.77. The van der Waals surface area contributed by atoms with E-state index in [4.69, 9.17) is 4.52 Å². The molecule has 1 aliphatic rings. The molecule has 1 aliphatic heterocycles. The van der Waals surface area contributed by atoms with E-state index < -0.39 is 0 Å². The largest absolute Gasteiger partial charge is 0.336 e. The quantitative estimate of drug-likeness (QED) is 0.762. The van der Waals surface area contributed by atoms with E-state index in [0.29, 0.717) is 24.4 Å². The van der Waals surface area contributed by atoms with Gasteiger partial charge in [0.2, 0.25) is 0 Å². The number of imidazole rings is 1. The average Bonchev–Trinajstić information content (AvgIpc) is 3.26. The zero-order valence-corrected chi connectivity index (χ0v) is 16.1. The van der Waals surface area contributed by atoms with Crippen molar-refractivity contribution in [3.05, 3.63) is 41.2 Å². The molecule has 3 aromatic heterocycles. The molecular weight excluding hydrogens is 344 g/mol. The third-order valence-corrected chi connectivity index (χ3v) is 5.04. The van der Waals surface area contributed by atoms with Crippen LogP contribution in [0.5, 0.6) is 0 Å². The molecule has 142 valence electrons. The molecule has 8 nitrogen and oxygen atoms in total. The van der Waals surface area contributed by atoms with Crippen LogP contribution in [0.15, 0.2) is 23.0 Å².